The molecule has 26 heavy (non-hydrogen) atoms. The number of amides is 2. The van der Waals surface area contributed by atoms with Gasteiger partial charge in [0.25, 0.3) is 0 Å². The molecule has 0 aliphatic heterocycles. The minimum absolute atomic E-state index is 0.102. The number of carbonyl (C=O) groups excluding carboxylic acids is 2. The summed E-state index contributed by atoms with van der Waals surface area (Å²) in [5.41, 5.74) is 4.47. The molecule has 0 aliphatic carbocycles. The first kappa shape index (κ1) is 18.0. The van der Waals surface area contributed by atoms with Gasteiger partial charge < -0.3 is 15.1 Å². The van der Waals surface area contributed by atoms with E-state index >= 15 is 0 Å². The zero-order valence-corrected chi connectivity index (χ0v) is 15.3. The summed E-state index contributed by atoms with van der Waals surface area (Å²) >= 11 is 5.80. The second-order valence-corrected chi connectivity index (χ2v) is 6.64. The van der Waals surface area contributed by atoms with Crippen LogP contribution in [0.2, 0.25) is 5.02 Å². The maximum Gasteiger partial charge on any atom is 0.243 e. The van der Waals surface area contributed by atoms with Gasteiger partial charge >= 0.3 is 0 Å². The van der Waals surface area contributed by atoms with Crippen LogP contribution in [0.15, 0.2) is 47.1 Å². The number of nitrogens with one attached hydrogen (secondary N) is 2. The van der Waals surface area contributed by atoms with Crippen LogP contribution in [0.5, 0.6) is 0 Å². The summed E-state index contributed by atoms with van der Waals surface area (Å²) in [4.78, 5) is 24.1. The zero-order chi connectivity index (χ0) is 18.7. The molecule has 3 rings (SSSR count). The lowest BCUT2D eigenvalue weighted by atomic mass is 10.0. The number of rotatable bonds is 5. The third kappa shape index (κ3) is 4.24. The minimum Gasteiger partial charge on any atom is -0.464 e. The molecule has 0 radical (unpaired) electrons. The van der Waals surface area contributed by atoms with Gasteiger partial charge in [0.05, 0.1) is 19.2 Å². The van der Waals surface area contributed by atoms with Crippen molar-refractivity contribution in [3.05, 3.63) is 64.4 Å². The standard InChI is InChI=1S/C20H19ClN2O3/c1-12-7-17-14(11-26-18(17)8-13(12)2)9-19(24)22-10-20(25)23-16-5-3-15(21)4-6-16/h3-8,11H,9-10H2,1-2H3,(H,22,24)(H,23,25). The molecule has 6 heteroatoms. The second kappa shape index (κ2) is 7.62. The molecule has 0 aliphatic rings. The smallest absolute Gasteiger partial charge is 0.243 e. The van der Waals surface area contributed by atoms with E-state index in [-0.39, 0.29) is 24.8 Å². The van der Waals surface area contributed by atoms with Crippen molar-refractivity contribution in [1.82, 2.24) is 5.32 Å². The molecule has 0 saturated carbocycles. The Bertz CT molecular complexity index is 961. The van der Waals surface area contributed by atoms with Gasteiger partial charge in [0.2, 0.25) is 11.8 Å². The monoisotopic (exact) mass is 370 g/mol. The third-order valence-corrected chi connectivity index (χ3v) is 4.45. The molecular formula is C20H19ClN2O3. The van der Waals surface area contributed by atoms with Crippen LogP contribution in [0.3, 0.4) is 0 Å². The van der Waals surface area contributed by atoms with Gasteiger partial charge in [-0.3, -0.25) is 9.59 Å². The van der Waals surface area contributed by atoms with Crippen LogP contribution in [-0.4, -0.2) is 18.4 Å². The number of halogens is 1. The quantitative estimate of drug-likeness (QED) is 0.713. The summed E-state index contributed by atoms with van der Waals surface area (Å²) in [6, 6.07) is 10.7. The zero-order valence-electron chi connectivity index (χ0n) is 14.6. The van der Waals surface area contributed by atoms with Crippen molar-refractivity contribution >= 4 is 40.1 Å². The van der Waals surface area contributed by atoms with Gasteiger partial charge in [0, 0.05) is 21.7 Å². The predicted octanol–water partition coefficient (Wildman–Crippen LogP) is 4.00. The summed E-state index contributed by atoms with van der Waals surface area (Å²) in [5, 5.41) is 6.84. The molecule has 0 fully saturated rings. The van der Waals surface area contributed by atoms with E-state index in [1.54, 1.807) is 30.5 Å². The molecule has 2 amide bonds. The SMILES string of the molecule is Cc1cc2occ(CC(=O)NCC(=O)Nc3ccc(Cl)cc3)c2cc1C. The third-order valence-electron chi connectivity index (χ3n) is 4.20. The van der Waals surface area contributed by atoms with Crippen LogP contribution in [0.1, 0.15) is 16.7 Å². The van der Waals surface area contributed by atoms with Gasteiger partial charge in [0.15, 0.2) is 0 Å². The molecule has 0 bridgehead atoms. The van der Waals surface area contributed by atoms with Crippen molar-refractivity contribution in [2.45, 2.75) is 20.3 Å². The topological polar surface area (TPSA) is 71.3 Å². The largest absolute Gasteiger partial charge is 0.464 e. The van der Waals surface area contributed by atoms with Crippen LogP contribution >= 0.6 is 11.6 Å². The lowest BCUT2D eigenvalue weighted by Crippen LogP contribution is -2.33. The number of aryl methyl sites for hydroxylation is 2. The first-order valence-electron chi connectivity index (χ1n) is 8.22. The lowest BCUT2D eigenvalue weighted by Gasteiger charge is -2.07. The van der Waals surface area contributed by atoms with Gasteiger partial charge in [-0.2, -0.15) is 0 Å². The highest BCUT2D eigenvalue weighted by Crippen LogP contribution is 2.25. The molecular weight excluding hydrogens is 352 g/mol. The van der Waals surface area contributed by atoms with Crippen molar-refractivity contribution in [3.63, 3.8) is 0 Å². The Labute approximate surface area is 156 Å². The summed E-state index contributed by atoms with van der Waals surface area (Å²) in [5.74, 6) is -0.540. The molecule has 0 atom stereocenters. The Morgan fingerprint density at radius 2 is 1.73 bits per heavy atom. The Morgan fingerprint density at radius 3 is 2.46 bits per heavy atom. The Hall–Kier alpha value is -2.79. The normalized spacial score (nSPS) is 10.7. The highest BCUT2D eigenvalue weighted by atomic mass is 35.5. The van der Waals surface area contributed by atoms with Crippen molar-refractivity contribution < 1.29 is 14.0 Å². The van der Waals surface area contributed by atoms with E-state index in [0.29, 0.717) is 10.7 Å². The van der Waals surface area contributed by atoms with E-state index in [1.807, 2.05) is 26.0 Å². The number of hydrogen-bond donors (Lipinski definition) is 2. The molecule has 0 saturated heterocycles. The fraction of sp³-hybridized carbons (Fsp3) is 0.200. The summed E-state index contributed by atoms with van der Waals surface area (Å²) in [7, 11) is 0. The van der Waals surface area contributed by atoms with E-state index in [4.69, 9.17) is 16.0 Å². The number of fused-ring (bicyclic) bond motifs is 1. The number of hydrogen-bond acceptors (Lipinski definition) is 3. The predicted molar refractivity (Wildman–Crippen MR) is 102 cm³/mol. The molecule has 2 N–H and O–H groups in total. The van der Waals surface area contributed by atoms with E-state index in [9.17, 15) is 9.59 Å². The highest BCUT2D eigenvalue weighted by Gasteiger charge is 2.12. The van der Waals surface area contributed by atoms with E-state index in [1.165, 1.54) is 0 Å². The summed E-state index contributed by atoms with van der Waals surface area (Å²) in [6.07, 6.45) is 1.75. The van der Waals surface area contributed by atoms with E-state index < -0.39 is 0 Å². The fourth-order valence-corrected chi connectivity index (χ4v) is 2.75. The summed E-state index contributed by atoms with van der Waals surface area (Å²) in [6.45, 7) is 3.94. The minimum atomic E-state index is -0.302. The van der Waals surface area contributed by atoms with Gasteiger partial charge in [-0.15, -0.1) is 0 Å². The Kier molecular flexibility index (Phi) is 5.28. The molecule has 2 aromatic carbocycles. The van der Waals surface area contributed by atoms with E-state index in [2.05, 4.69) is 10.6 Å². The maximum absolute atomic E-state index is 12.2. The number of benzene rings is 2. The van der Waals surface area contributed by atoms with Crippen molar-refractivity contribution in [3.8, 4) is 0 Å². The average molecular weight is 371 g/mol. The molecule has 0 spiro atoms. The second-order valence-electron chi connectivity index (χ2n) is 6.20. The van der Waals surface area contributed by atoms with Gasteiger partial charge in [-0.1, -0.05) is 11.6 Å². The van der Waals surface area contributed by atoms with Crippen molar-refractivity contribution in [2.75, 3.05) is 11.9 Å². The summed E-state index contributed by atoms with van der Waals surface area (Å²) < 4.78 is 5.53. The molecule has 134 valence electrons. The number of furan rings is 1. The van der Waals surface area contributed by atoms with Crippen molar-refractivity contribution in [1.29, 1.82) is 0 Å². The molecule has 1 aromatic heterocycles. The first-order chi connectivity index (χ1) is 12.4. The van der Waals surface area contributed by atoms with Crippen LogP contribution in [0, 0.1) is 13.8 Å². The van der Waals surface area contributed by atoms with Crippen LogP contribution < -0.4 is 10.6 Å². The van der Waals surface area contributed by atoms with Crippen molar-refractivity contribution in [2.24, 2.45) is 0 Å². The van der Waals surface area contributed by atoms with E-state index in [0.717, 1.165) is 27.7 Å². The van der Waals surface area contributed by atoms with Crippen LogP contribution in [0.4, 0.5) is 5.69 Å². The molecule has 5 nitrogen and oxygen atoms in total. The van der Waals surface area contributed by atoms with Crippen LogP contribution in [-0.2, 0) is 16.0 Å². The molecule has 1 heterocycles. The van der Waals surface area contributed by atoms with Gasteiger partial charge in [-0.25, -0.2) is 0 Å². The average Bonchev–Trinajstić information content (AvgIpc) is 2.97. The molecule has 3 aromatic rings. The number of anilines is 1. The van der Waals surface area contributed by atoms with Crippen LogP contribution in [0.25, 0.3) is 11.0 Å². The Balaban J connectivity index is 1.56. The maximum atomic E-state index is 12.2. The lowest BCUT2D eigenvalue weighted by molar-refractivity contribution is -0.123. The highest BCUT2D eigenvalue weighted by molar-refractivity contribution is 6.30. The number of carbonyl (C=O) groups is 2. The van der Waals surface area contributed by atoms with Gasteiger partial charge in [0.1, 0.15) is 5.58 Å². The first-order valence-corrected chi connectivity index (χ1v) is 8.59. The molecule has 0 unspecified atom stereocenters. The van der Waals surface area contributed by atoms with Gasteiger partial charge in [-0.05, 0) is 61.4 Å². The fourth-order valence-electron chi connectivity index (χ4n) is 2.63. The Morgan fingerprint density at radius 1 is 1.04 bits per heavy atom.